The quantitative estimate of drug-likeness (QED) is 0.653. The zero-order valence-corrected chi connectivity index (χ0v) is 16.0. The van der Waals surface area contributed by atoms with Gasteiger partial charge in [-0.3, -0.25) is 9.59 Å². The largest absolute Gasteiger partial charge is 0.497 e. The fourth-order valence-corrected chi connectivity index (χ4v) is 2.95. The van der Waals surface area contributed by atoms with Gasteiger partial charge in [0.1, 0.15) is 28.7 Å². The Labute approximate surface area is 166 Å². The van der Waals surface area contributed by atoms with Crippen LogP contribution in [0.15, 0.2) is 47.1 Å². The third-order valence-electron chi connectivity index (χ3n) is 4.50. The molecular formula is C21H20F2N2O4. The van der Waals surface area contributed by atoms with Gasteiger partial charge in [0, 0.05) is 23.6 Å². The second kappa shape index (κ2) is 8.72. The zero-order chi connectivity index (χ0) is 21.0. The minimum absolute atomic E-state index is 0.0223. The molecule has 29 heavy (non-hydrogen) atoms. The van der Waals surface area contributed by atoms with Crippen molar-refractivity contribution in [2.45, 2.75) is 13.3 Å². The number of fused-ring (bicyclic) bond motifs is 1. The summed E-state index contributed by atoms with van der Waals surface area (Å²) < 4.78 is 38.0. The number of amides is 2. The van der Waals surface area contributed by atoms with E-state index in [9.17, 15) is 18.4 Å². The van der Waals surface area contributed by atoms with Gasteiger partial charge < -0.3 is 19.4 Å². The summed E-state index contributed by atoms with van der Waals surface area (Å²) in [5.74, 6) is -2.13. The number of carbonyl (C=O) groups is 2. The Kier molecular flexibility index (Phi) is 6.11. The Hall–Kier alpha value is -3.42. The van der Waals surface area contributed by atoms with Gasteiger partial charge in [0.05, 0.1) is 26.3 Å². The summed E-state index contributed by atoms with van der Waals surface area (Å²) in [4.78, 5) is 26.2. The van der Waals surface area contributed by atoms with Crippen LogP contribution in [0.25, 0.3) is 11.0 Å². The van der Waals surface area contributed by atoms with E-state index in [1.54, 1.807) is 32.2 Å². The number of nitrogens with one attached hydrogen (secondary N) is 1. The van der Waals surface area contributed by atoms with Crippen molar-refractivity contribution < 1.29 is 27.5 Å². The van der Waals surface area contributed by atoms with Crippen LogP contribution in [-0.2, 0) is 16.0 Å². The molecule has 0 bridgehead atoms. The molecule has 0 aliphatic rings. The van der Waals surface area contributed by atoms with E-state index in [1.807, 2.05) is 0 Å². The standard InChI is InChI=1S/C21H20F2N2O4/c1-3-25(11-19(26)24-21-16(22)5-4-6-17(21)23)20(27)9-13-12-29-18-10-14(28-2)7-8-15(13)18/h4-8,10,12H,3,9,11H2,1-2H3,(H,24,26). The smallest absolute Gasteiger partial charge is 0.244 e. The van der Waals surface area contributed by atoms with Crippen LogP contribution in [0.4, 0.5) is 14.5 Å². The summed E-state index contributed by atoms with van der Waals surface area (Å²) in [6.07, 6.45) is 1.51. The minimum Gasteiger partial charge on any atom is -0.497 e. The van der Waals surface area contributed by atoms with Crippen molar-refractivity contribution in [2.24, 2.45) is 0 Å². The molecule has 3 aromatic rings. The van der Waals surface area contributed by atoms with Crippen molar-refractivity contribution in [1.82, 2.24) is 4.90 Å². The molecule has 1 heterocycles. The molecule has 0 saturated carbocycles. The van der Waals surface area contributed by atoms with E-state index in [1.165, 1.54) is 17.2 Å². The Balaban J connectivity index is 1.68. The van der Waals surface area contributed by atoms with Crippen LogP contribution in [0.5, 0.6) is 5.75 Å². The molecule has 2 aromatic carbocycles. The number of hydrogen-bond donors (Lipinski definition) is 1. The number of carbonyl (C=O) groups excluding carboxylic acids is 2. The van der Waals surface area contributed by atoms with Crippen molar-refractivity contribution in [1.29, 1.82) is 0 Å². The van der Waals surface area contributed by atoms with Gasteiger partial charge >= 0.3 is 0 Å². The molecule has 1 aromatic heterocycles. The van der Waals surface area contributed by atoms with Crippen LogP contribution < -0.4 is 10.1 Å². The molecule has 0 saturated heterocycles. The van der Waals surface area contributed by atoms with Crippen LogP contribution in [0.1, 0.15) is 12.5 Å². The lowest BCUT2D eigenvalue weighted by Gasteiger charge is -2.20. The van der Waals surface area contributed by atoms with E-state index in [4.69, 9.17) is 9.15 Å². The molecule has 152 valence electrons. The maximum Gasteiger partial charge on any atom is 0.244 e. The molecule has 8 heteroatoms. The lowest BCUT2D eigenvalue weighted by atomic mass is 10.1. The summed E-state index contributed by atoms with van der Waals surface area (Å²) in [6.45, 7) is 1.65. The van der Waals surface area contributed by atoms with E-state index in [-0.39, 0.29) is 25.4 Å². The lowest BCUT2D eigenvalue weighted by molar-refractivity contribution is -0.133. The number of benzene rings is 2. The van der Waals surface area contributed by atoms with Crippen molar-refractivity contribution in [3.63, 3.8) is 0 Å². The van der Waals surface area contributed by atoms with Gasteiger partial charge in [-0.15, -0.1) is 0 Å². The number of para-hydroxylation sites is 1. The van der Waals surface area contributed by atoms with Gasteiger partial charge in [0.25, 0.3) is 0 Å². The molecule has 1 N–H and O–H groups in total. The summed E-state index contributed by atoms with van der Waals surface area (Å²) >= 11 is 0. The lowest BCUT2D eigenvalue weighted by Crippen LogP contribution is -2.38. The predicted molar refractivity (Wildman–Crippen MR) is 104 cm³/mol. The number of anilines is 1. The van der Waals surface area contributed by atoms with Gasteiger partial charge in [-0.1, -0.05) is 6.07 Å². The highest BCUT2D eigenvalue weighted by Gasteiger charge is 2.20. The third kappa shape index (κ3) is 4.53. The SMILES string of the molecule is CCN(CC(=O)Nc1c(F)cccc1F)C(=O)Cc1coc2cc(OC)ccc12. The maximum absolute atomic E-state index is 13.7. The highest BCUT2D eigenvalue weighted by molar-refractivity contribution is 5.95. The molecule has 0 aliphatic carbocycles. The van der Waals surface area contributed by atoms with E-state index in [2.05, 4.69) is 5.32 Å². The molecule has 0 atom stereocenters. The second-order valence-electron chi connectivity index (χ2n) is 6.35. The zero-order valence-electron chi connectivity index (χ0n) is 16.0. The predicted octanol–water partition coefficient (Wildman–Crippen LogP) is 3.75. The first-order valence-corrected chi connectivity index (χ1v) is 8.98. The van der Waals surface area contributed by atoms with E-state index in [0.717, 1.165) is 17.5 Å². The molecule has 0 unspecified atom stereocenters. The number of methoxy groups -OCH3 is 1. The van der Waals surface area contributed by atoms with Gasteiger partial charge in [-0.05, 0) is 31.2 Å². The average molecular weight is 402 g/mol. The molecule has 3 rings (SSSR count). The van der Waals surface area contributed by atoms with Crippen LogP contribution in [0, 0.1) is 11.6 Å². The number of rotatable bonds is 7. The number of ether oxygens (including phenoxy) is 1. The normalized spacial score (nSPS) is 10.8. The topological polar surface area (TPSA) is 71.8 Å². The van der Waals surface area contributed by atoms with Crippen molar-refractivity contribution in [3.8, 4) is 5.75 Å². The first-order valence-electron chi connectivity index (χ1n) is 8.98. The molecular weight excluding hydrogens is 382 g/mol. The highest BCUT2D eigenvalue weighted by atomic mass is 19.1. The number of halogens is 2. The minimum atomic E-state index is -0.881. The first kappa shape index (κ1) is 20.3. The Bertz CT molecular complexity index is 1030. The fraction of sp³-hybridized carbons (Fsp3) is 0.238. The third-order valence-corrected chi connectivity index (χ3v) is 4.50. The van der Waals surface area contributed by atoms with Crippen LogP contribution in [-0.4, -0.2) is 36.9 Å². The summed E-state index contributed by atoms with van der Waals surface area (Å²) in [7, 11) is 1.55. The van der Waals surface area contributed by atoms with Gasteiger partial charge in [-0.25, -0.2) is 8.78 Å². The first-order chi connectivity index (χ1) is 13.9. The summed E-state index contributed by atoms with van der Waals surface area (Å²) in [5, 5.41) is 2.96. The highest BCUT2D eigenvalue weighted by Crippen LogP contribution is 2.26. The van der Waals surface area contributed by atoms with E-state index < -0.39 is 23.2 Å². The Morgan fingerprint density at radius 1 is 1.17 bits per heavy atom. The van der Waals surface area contributed by atoms with Crippen LogP contribution in [0.3, 0.4) is 0 Å². The maximum atomic E-state index is 13.7. The molecule has 0 fully saturated rings. The van der Waals surface area contributed by atoms with E-state index in [0.29, 0.717) is 16.9 Å². The van der Waals surface area contributed by atoms with Crippen LogP contribution >= 0.6 is 0 Å². The number of nitrogens with zero attached hydrogens (tertiary/aromatic N) is 1. The van der Waals surface area contributed by atoms with Gasteiger partial charge in [0.15, 0.2) is 0 Å². The number of furan rings is 1. The number of hydrogen-bond acceptors (Lipinski definition) is 4. The van der Waals surface area contributed by atoms with Crippen molar-refractivity contribution in [2.75, 3.05) is 25.5 Å². The summed E-state index contributed by atoms with van der Waals surface area (Å²) in [6, 6.07) is 8.56. The fourth-order valence-electron chi connectivity index (χ4n) is 2.95. The molecule has 0 spiro atoms. The van der Waals surface area contributed by atoms with Crippen LogP contribution in [0.2, 0.25) is 0 Å². The Morgan fingerprint density at radius 3 is 2.55 bits per heavy atom. The average Bonchev–Trinajstić information content (AvgIpc) is 3.10. The van der Waals surface area contributed by atoms with Crippen molar-refractivity contribution in [3.05, 3.63) is 59.9 Å². The van der Waals surface area contributed by atoms with E-state index >= 15 is 0 Å². The Morgan fingerprint density at radius 2 is 1.90 bits per heavy atom. The number of likely N-dealkylation sites (N-methyl/N-ethyl adjacent to an activating group) is 1. The molecule has 6 nitrogen and oxygen atoms in total. The van der Waals surface area contributed by atoms with Crippen molar-refractivity contribution >= 4 is 28.5 Å². The second-order valence-corrected chi connectivity index (χ2v) is 6.35. The van der Waals surface area contributed by atoms with Gasteiger partial charge in [0.2, 0.25) is 11.8 Å². The molecule has 0 radical (unpaired) electrons. The molecule has 2 amide bonds. The summed E-state index contributed by atoms with van der Waals surface area (Å²) in [5.41, 5.74) is 0.727. The van der Waals surface area contributed by atoms with Gasteiger partial charge in [-0.2, -0.15) is 0 Å². The monoisotopic (exact) mass is 402 g/mol. The molecule has 0 aliphatic heterocycles.